The molecule has 0 spiro atoms. The van der Waals surface area contributed by atoms with Gasteiger partial charge in [-0.25, -0.2) is 4.79 Å². The fraction of sp³-hybridized carbons (Fsp3) is 0.200. The van der Waals surface area contributed by atoms with Gasteiger partial charge in [-0.2, -0.15) is 0 Å². The van der Waals surface area contributed by atoms with Crippen molar-refractivity contribution < 1.29 is 9.90 Å². The highest BCUT2D eigenvalue weighted by Crippen LogP contribution is 2.13. The van der Waals surface area contributed by atoms with Crippen LogP contribution in [0.3, 0.4) is 0 Å². The molecule has 19 heavy (non-hydrogen) atoms. The fourth-order valence-electron chi connectivity index (χ4n) is 1.97. The maximum atomic E-state index is 12.2. The van der Waals surface area contributed by atoms with Crippen molar-refractivity contribution in [3.63, 3.8) is 0 Å². The van der Waals surface area contributed by atoms with Gasteiger partial charge >= 0.3 is 5.97 Å². The smallest absolute Gasteiger partial charge is 0.341 e. The Morgan fingerprint density at radius 2 is 1.74 bits per heavy atom. The first-order valence-corrected chi connectivity index (χ1v) is 5.95. The maximum absolute atomic E-state index is 12.2. The highest BCUT2D eigenvalue weighted by Gasteiger charge is 2.15. The summed E-state index contributed by atoms with van der Waals surface area (Å²) in [6.45, 7) is 5.56. The Bertz CT molecular complexity index is 714. The first-order valence-electron chi connectivity index (χ1n) is 5.95. The van der Waals surface area contributed by atoms with Crippen LogP contribution in [0, 0.1) is 20.8 Å². The number of aromatic carboxylic acids is 1. The van der Waals surface area contributed by atoms with Gasteiger partial charge in [0, 0.05) is 11.9 Å². The molecule has 0 fully saturated rings. The van der Waals surface area contributed by atoms with Crippen LogP contribution in [0.15, 0.2) is 35.3 Å². The molecule has 0 saturated carbocycles. The van der Waals surface area contributed by atoms with Crippen LogP contribution < -0.4 is 5.56 Å². The van der Waals surface area contributed by atoms with Crippen molar-refractivity contribution in [1.82, 2.24) is 4.57 Å². The summed E-state index contributed by atoms with van der Waals surface area (Å²) in [5.41, 5.74) is 2.65. The molecular weight excluding hydrogens is 242 g/mol. The van der Waals surface area contributed by atoms with Crippen LogP contribution in [0.25, 0.3) is 5.69 Å². The molecular formula is C15H15NO3. The quantitative estimate of drug-likeness (QED) is 0.899. The second kappa shape index (κ2) is 4.72. The Balaban J connectivity index is 2.70. The zero-order valence-corrected chi connectivity index (χ0v) is 11.1. The SMILES string of the molecule is Cc1ccc(-n2ccc(C)c(C(=O)O)c2=O)cc1C. The number of pyridine rings is 1. The highest BCUT2D eigenvalue weighted by atomic mass is 16.4. The molecule has 1 aromatic heterocycles. The van der Waals surface area contributed by atoms with Gasteiger partial charge in [-0.15, -0.1) is 0 Å². The monoisotopic (exact) mass is 257 g/mol. The van der Waals surface area contributed by atoms with Gasteiger partial charge in [0.2, 0.25) is 0 Å². The van der Waals surface area contributed by atoms with Crippen molar-refractivity contribution in [2.24, 2.45) is 0 Å². The number of hydrogen-bond acceptors (Lipinski definition) is 2. The topological polar surface area (TPSA) is 59.3 Å². The van der Waals surface area contributed by atoms with Gasteiger partial charge in [0.25, 0.3) is 5.56 Å². The molecule has 4 nitrogen and oxygen atoms in total. The normalized spacial score (nSPS) is 10.5. The van der Waals surface area contributed by atoms with Gasteiger partial charge in [-0.3, -0.25) is 9.36 Å². The van der Waals surface area contributed by atoms with E-state index in [9.17, 15) is 9.59 Å². The summed E-state index contributed by atoms with van der Waals surface area (Å²) in [5.74, 6) is -1.19. The van der Waals surface area contributed by atoms with Gasteiger partial charge in [0.1, 0.15) is 5.56 Å². The van der Waals surface area contributed by atoms with Gasteiger partial charge in [0.15, 0.2) is 0 Å². The third-order valence-corrected chi connectivity index (χ3v) is 3.28. The van der Waals surface area contributed by atoms with E-state index < -0.39 is 11.5 Å². The van der Waals surface area contributed by atoms with Crippen LogP contribution in [-0.4, -0.2) is 15.6 Å². The lowest BCUT2D eigenvalue weighted by Crippen LogP contribution is -2.26. The van der Waals surface area contributed by atoms with Gasteiger partial charge in [-0.1, -0.05) is 6.07 Å². The van der Waals surface area contributed by atoms with E-state index in [4.69, 9.17) is 5.11 Å². The van der Waals surface area contributed by atoms with Crippen LogP contribution in [0.4, 0.5) is 0 Å². The lowest BCUT2D eigenvalue weighted by molar-refractivity contribution is 0.0694. The molecule has 0 amide bonds. The number of rotatable bonds is 2. The minimum absolute atomic E-state index is 0.180. The van der Waals surface area contributed by atoms with E-state index in [1.807, 2.05) is 32.0 Å². The molecule has 0 bridgehead atoms. The van der Waals surface area contributed by atoms with E-state index in [2.05, 4.69) is 0 Å². The third kappa shape index (κ3) is 2.29. The molecule has 0 aliphatic rings. The number of aryl methyl sites for hydroxylation is 3. The number of nitrogens with zero attached hydrogens (tertiary/aromatic N) is 1. The van der Waals surface area contributed by atoms with E-state index in [0.717, 1.165) is 11.1 Å². The number of carboxylic acids is 1. The van der Waals surface area contributed by atoms with E-state index in [-0.39, 0.29) is 5.56 Å². The molecule has 2 aromatic rings. The molecule has 98 valence electrons. The molecule has 4 heteroatoms. The summed E-state index contributed by atoms with van der Waals surface area (Å²) in [6, 6.07) is 7.24. The minimum atomic E-state index is -1.19. The zero-order chi connectivity index (χ0) is 14.2. The number of benzene rings is 1. The molecule has 0 radical (unpaired) electrons. The summed E-state index contributed by atoms with van der Waals surface area (Å²) >= 11 is 0. The van der Waals surface area contributed by atoms with Crippen molar-refractivity contribution in [3.8, 4) is 5.69 Å². The Morgan fingerprint density at radius 1 is 1.05 bits per heavy atom. The van der Waals surface area contributed by atoms with Gasteiger partial charge < -0.3 is 5.11 Å². The Labute approximate surface area is 110 Å². The van der Waals surface area contributed by atoms with Gasteiger partial charge in [0.05, 0.1) is 0 Å². The standard InChI is InChI=1S/C15H15NO3/c1-9-4-5-12(8-11(9)3)16-7-6-10(2)13(14(16)17)15(18)19/h4-8H,1-3H3,(H,18,19). The van der Waals surface area contributed by atoms with Gasteiger partial charge in [-0.05, 0) is 55.7 Å². The van der Waals surface area contributed by atoms with E-state index in [0.29, 0.717) is 11.3 Å². The predicted octanol–water partition coefficient (Wildman–Crippen LogP) is 2.46. The van der Waals surface area contributed by atoms with Crippen molar-refractivity contribution in [1.29, 1.82) is 0 Å². The second-order valence-electron chi connectivity index (χ2n) is 4.62. The summed E-state index contributed by atoms with van der Waals surface area (Å²) in [4.78, 5) is 23.3. The summed E-state index contributed by atoms with van der Waals surface area (Å²) in [5, 5.41) is 9.10. The Kier molecular flexibility index (Phi) is 3.25. The second-order valence-corrected chi connectivity index (χ2v) is 4.62. The largest absolute Gasteiger partial charge is 0.477 e. The molecule has 2 rings (SSSR count). The lowest BCUT2D eigenvalue weighted by atomic mass is 10.1. The first kappa shape index (κ1) is 13.1. The fourth-order valence-corrected chi connectivity index (χ4v) is 1.97. The molecule has 0 atom stereocenters. The maximum Gasteiger partial charge on any atom is 0.341 e. The Morgan fingerprint density at radius 3 is 2.32 bits per heavy atom. The minimum Gasteiger partial charge on any atom is -0.477 e. The van der Waals surface area contributed by atoms with E-state index in [1.54, 1.807) is 19.2 Å². The molecule has 1 heterocycles. The number of carboxylic acid groups (broad SMARTS) is 1. The summed E-state index contributed by atoms with van der Waals surface area (Å²) in [6.07, 6.45) is 1.61. The highest BCUT2D eigenvalue weighted by molar-refractivity contribution is 5.88. The number of aromatic nitrogens is 1. The summed E-state index contributed by atoms with van der Waals surface area (Å²) < 4.78 is 1.36. The molecule has 1 N–H and O–H groups in total. The average molecular weight is 257 g/mol. The number of hydrogen-bond donors (Lipinski definition) is 1. The predicted molar refractivity (Wildman–Crippen MR) is 73.2 cm³/mol. The van der Waals surface area contributed by atoms with Crippen molar-refractivity contribution in [2.45, 2.75) is 20.8 Å². The molecule has 0 saturated heterocycles. The van der Waals surface area contributed by atoms with E-state index >= 15 is 0 Å². The Hall–Kier alpha value is -2.36. The summed E-state index contributed by atoms with van der Waals surface area (Å²) in [7, 11) is 0. The van der Waals surface area contributed by atoms with Crippen molar-refractivity contribution in [3.05, 3.63) is 63.1 Å². The van der Waals surface area contributed by atoms with E-state index in [1.165, 1.54) is 4.57 Å². The molecule has 0 aliphatic carbocycles. The lowest BCUT2D eigenvalue weighted by Gasteiger charge is -2.10. The molecule has 0 unspecified atom stereocenters. The zero-order valence-electron chi connectivity index (χ0n) is 11.1. The van der Waals surface area contributed by atoms with Crippen molar-refractivity contribution >= 4 is 5.97 Å². The van der Waals surface area contributed by atoms with Crippen molar-refractivity contribution in [2.75, 3.05) is 0 Å². The van der Waals surface area contributed by atoms with Crippen LogP contribution in [0.1, 0.15) is 27.0 Å². The average Bonchev–Trinajstić information content (AvgIpc) is 2.33. The third-order valence-electron chi connectivity index (χ3n) is 3.28. The number of carbonyl (C=O) groups is 1. The van der Waals surface area contributed by atoms with Crippen LogP contribution in [-0.2, 0) is 0 Å². The molecule has 1 aromatic carbocycles. The first-order chi connectivity index (χ1) is 8.91. The van der Waals surface area contributed by atoms with Crippen LogP contribution in [0.2, 0.25) is 0 Å². The molecule has 0 aliphatic heterocycles. The van der Waals surface area contributed by atoms with Crippen LogP contribution >= 0.6 is 0 Å². The van der Waals surface area contributed by atoms with Crippen LogP contribution in [0.5, 0.6) is 0 Å².